The quantitative estimate of drug-likeness (QED) is 0.877. The number of carbonyl (C=O) groups excluding carboxylic acids is 1. The maximum Gasteiger partial charge on any atom is 0.168 e. The minimum Gasteiger partial charge on any atom is -0.497 e. The number of benzene rings is 1. The molecule has 0 aliphatic heterocycles. The topological polar surface area (TPSA) is 46.5 Å². The van der Waals surface area contributed by atoms with E-state index in [1.807, 2.05) is 32.0 Å². The third-order valence-electron chi connectivity index (χ3n) is 3.29. The maximum absolute atomic E-state index is 12.1. The van der Waals surface area contributed by atoms with Crippen molar-refractivity contribution in [3.05, 3.63) is 28.2 Å². The van der Waals surface area contributed by atoms with Crippen LogP contribution in [-0.4, -0.2) is 23.6 Å². The van der Waals surface area contributed by atoms with Crippen molar-refractivity contribution >= 4 is 21.7 Å². The van der Waals surface area contributed by atoms with Crippen molar-refractivity contribution in [2.45, 2.75) is 38.7 Å². The average molecular weight is 315 g/mol. The summed E-state index contributed by atoms with van der Waals surface area (Å²) in [7, 11) is 1.59. The van der Waals surface area contributed by atoms with Gasteiger partial charge in [0, 0.05) is 10.9 Å². The third-order valence-corrected chi connectivity index (χ3v) is 4.07. The van der Waals surface area contributed by atoms with E-state index in [0.717, 1.165) is 10.0 Å². The van der Waals surface area contributed by atoms with Crippen molar-refractivity contribution in [3.8, 4) is 5.75 Å². The fourth-order valence-corrected chi connectivity index (χ4v) is 2.18. The van der Waals surface area contributed by atoms with Gasteiger partial charge in [0.2, 0.25) is 0 Å². The lowest BCUT2D eigenvalue weighted by Crippen LogP contribution is -2.38. The van der Waals surface area contributed by atoms with E-state index in [2.05, 4.69) is 15.9 Å². The smallest absolute Gasteiger partial charge is 0.168 e. The molecule has 0 fully saturated rings. The van der Waals surface area contributed by atoms with Crippen molar-refractivity contribution in [2.24, 2.45) is 0 Å². The molecule has 0 unspecified atom stereocenters. The Morgan fingerprint density at radius 2 is 2.00 bits per heavy atom. The Morgan fingerprint density at radius 1 is 1.39 bits per heavy atom. The molecule has 0 atom stereocenters. The Kier molecular flexibility index (Phi) is 5.35. The van der Waals surface area contributed by atoms with Crippen molar-refractivity contribution < 1.29 is 14.6 Å². The van der Waals surface area contributed by atoms with Gasteiger partial charge in [-0.05, 0) is 36.6 Å². The molecule has 1 rings (SSSR count). The van der Waals surface area contributed by atoms with Crippen molar-refractivity contribution in [1.82, 2.24) is 0 Å². The highest BCUT2D eigenvalue weighted by atomic mass is 79.9. The average Bonchev–Trinajstić information content (AvgIpc) is 2.40. The molecule has 100 valence electrons. The van der Waals surface area contributed by atoms with E-state index in [1.165, 1.54) is 0 Å². The van der Waals surface area contributed by atoms with Gasteiger partial charge in [0.15, 0.2) is 5.78 Å². The van der Waals surface area contributed by atoms with E-state index in [-0.39, 0.29) is 12.2 Å². The Balaban J connectivity index is 2.94. The molecule has 0 radical (unpaired) electrons. The lowest BCUT2D eigenvalue weighted by atomic mass is 9.88. The molecule has 0 bridgehead atoms. The van der Waals surface area contributed by atoms with Crippen LogP contribution in [0.15, 0.2) is 22.7 Å². The van der Waals surface area contributed by atoms with Gasteiger partial charge in [0.05, 0.1) is 7.11 Å². The van der Waals surface area contributed by atoms with Crippen LogP contribution in [0.2, 0.25) is 0 Å². The van der Waals surface area contributed by atoms with Crippen LogP contribution in [0.5, 0.6) is 5.75 Å². The summed E-state index contributed by atoms with van der Waals surface area (Å²) in [4.78, 5) is 12.1. The lowest BCUT2D eigenvalue weighted by Gasteiger charge is -2.23. The molecule has 0 spiro atoms. The lowest BCUT2D eigenvalue weighted by molar-refractivity contribution is -0.137. The number of hydrogen-bond acceptors (Lipinski definition) is 3. The Hall–Kier alpha value is -0.870. The second-order valence-corrected chi connectivity index (χ2v) is 5.15. The number of halogens is 1. The Labute approximate surface area is 116 Å². The molecule has 0 aliphatic rings. The number of ether oxygens (including phenoxy) is 1. The van der Waals surface area contributed by atoms with Crippen molar-refractivity contribution in [1.29, 1.82) is 0 Å². The summed E-state index contributed by atoms with van der Waals surface area (Å²) >= 11 is 3.41. The summed E-state index contributed by atoms with van der Waals surface area (Å²) in [6, 6.07) is 5.48. The zero-order valence-corrected chi connectivity index (χ0v) is 12.6. The number of methoxy groups -OCH3 is 1. The molecular weight excluding hydrogens is 296 g/mol. The van der Waals surface area contributed by atoms with Gasteiger partial charge in [-0.1, -0.05) is 29.8 Å². The van der Waals surface area contributed by atoms with Gasteiger partial charge >= 0.3 is 0 Å². The minimum atomic E-state index is -1.22. The van der Waals surface area contributed by atoms with E-state index in [4.69, 9.17) is 4.74 Å². The number of ketones is 1. The van der Waals surface area contributed by atoms with Crippen LogP contribution in [0, 0.1) is 0 Å². The fraction of sp³-hybridized carbons (Fsp3) is 0.500. The normalized spacial score (nSPS) is 11.4. The van der Waals surface area contributed by atoms with Crippen LogP contribution >= 0.6 is 15.9 Å². The number of rotatable bonds is 6. The van der Waals surface area contributed by atoms with E-state index >= 15 is 0 Å². The SMILES string of the molecule is CCC(O)(CC)C(=O)Cc1cc(OC)ccc1Br. The van der Waals surface area contributed by atoms with E-state index in [1.54, 1.807) is 7.11 Å². The molecule has 3 nitrogen and oxygen atoms in total. The third kappa shape index (κ3) is 3.33. The van der Waals surface area contributed by atoms with Gasteiger partial charge in [-0.15, -0.1) is 0 Å². The van der Waals surface area contributed by atoms with Gasteiger partial charge in [-0.3, -0.25) is 4.79 Å². The summed E-state index contributed by atoms with van der Waals surface area (Å²) in [5, 5.41) is 10.2. The molecule has 0 aliphatic carbocycles. The summed E-state index contributed by atoms with van der Waals surface area (Å²) in [6.45, 7) is 3.64. The monoisotopic (exact) mass is 314 g/mol. The van der Waals surface area contributed by atoms with Gasteiger partial charge in [0.25, 0.3) is 0 Å². The molecule has 18 heavy (non-hydrogen) atoms. The van der Waals surface area contributed by atoms with Gasteiger partial charge in [0.1, 0.15) is 11.4 Å². The van der Waals surface area contributed by atoms with Crippen LogP contribution in [0.25, 0.3) is 0 Å². The second-order valence-electron chi connectivity index (χ2n) is 4.30. The predicted octanol–water partition coefficient (Wildman–Crippen LogP) is 3.12. The molecule has 0 heterocycles. The summed E-state index contributed by atoms with van der Waals surface area (Å²) < 4.78 is 5.99. The molecule has 0 saturated carbocycles. The first-order chi connectivity index (χ1) is 8.46. The van der Waals surface area contributed by atoms with E-state index < -0.39 is 5.60 Å². The number of Topliss-reactive ketones (excluding diaryl/α,β-unsaturated/α-hetero) is 1. The van der Waals surface area contributed by atoms with Gasteiger partial charge in [-0.2, -0.15) is 0 Å². The minimum absolute atomic E-state index is 0.151. The van der Waals surface area contributed by atoms with Crippen LogP contribution < -0.4 is 4.74 Å². The summed E-state index contributed by atoms with van der Waals surface area (Å²) in [5.41, 5.74) is -0.387. The zero-order valence-electron chi connectivity index (χ0n) is 11.0. The molecule has 0 aromatic heterocycles. The number of hydrogen-bond donors (Lipinski definition) is 1. The second kappa shape index (κ2) is 6.34. The molecular formula is C14H19BrO3. The molecule has 4 heteroatoms. The molecule has 0 saturated heterocycles. The van der Waals surface area contributed by atoms with Crippen LogP contribution in [-0.2, 0) is 11.2 Å². The first-order valence-electron chi connectivity index (χ1n) is 6.05. The summed E-state index contributed by atoms with van der Waals surface area (Å²) in [5.74, 6) is 0.555. The largest absolute Gasteiger partial charge is 0.497 e. The first kappa shape index (κ1) is 15.2. The number of aliphatic hydroxyl groups is 1. The van der Waals surface area contributed by atoms with Crippen LogP contribution in [0.3, 0.4) is 0 Å². The van der Waals surface area contributed by atoms with Crippen LogP contribution in [0.4, 0.5) is 0 Å². The highest BCUT2D eigenvalue weighted by Gasteiger charge is 2.31. The van der Waals surface area contributed by atoms with Crippen molar-refractivity contribution in [3.63, 3.8) is 0 Å². The zero-order chi connectivity index (χ0) is 13.8. The fourth-order valence-electron chi connectivity index (χ4n) is 1.80. The highest BCUT2D eigenvalue weighted by Crippen LogP contribution is 2.26. The van der Waals surface area contributed by atoms with Gasteiger partial charge in [-0.25, -0.2) is 0 Å². The Morgan fingerprint density at radius 3 is 2.50 bits per heavy atom. The highest BCUT2D eigenvalue weighted by molar-refractivity contribution is 9.10. The number of carbonyl (C=O) groups is 1. The molecule has 1 N–H and O–H groups in total. The molecule has 1 aromatic carbocycles. The maximum atomic E-state index is 12.1. The standard InChI is InChI=1S/C14H19BrO3/c1-4-14(17,5-2)13(16)9-10-8-11(18-3)6-7-12(10)15/h6-8,17H,4-5,9H2,1-3H3. The molecule has 0 amide bonds. The van der Waals surface area contributed by atoms with E-state index in [0.29, 0.717) is 18.6 Å². The van der Waals surface area contributed by atoms with E-state index in [9.17, 15) is 9.90 Å². The van der Waals surface area contributed by atoms with Crippen molar-refractivity contribution in [2.75, 3.05) is 7.11 Å². The van der Waals surface area contributed by atoms with Crippen LogP contribution in [0.1, 0.15) is 32.3 Å². The Bertz CT molecular complexity index is 425. The summed E-state index contributed by atoms with van der Waals surface area (Å²) in [6.07, 6.45) is 1.07. The first-order valence-corrected chi connectivity index (χ1v) is 6.84. The predicted molar refractivity (Wildman–Crippen MR) is 74.9 cm³/mol. The molecule has 1 aromatic rings. The van der Waals surface area contributed by atoms with Gasteiger partial charge < -0.3 is 9.84 Å².